The summed E-state index contributed by atoms with van der Waals surface area (Å²) in [6.07, 6.45) is 0.840. The van der Waals surface area contributed by atoms with Crippen molar-refractivity contribution in [3.63, 3.8) is 0 Å². The van der Waals surface area contributed by atoms with Crippen molar-refractivity contribution in [2.24, 2.45) is 0 Å². The number of benzene rings is 2. The van der Waals surface area contributed by atoms with Crippen LogP contribution in [0.4, 0.5) is 10.1 Å². The lowest BCUT2D eigenvalue weighted by atomic mass is 10.2. The Morgan fingerprint density at radius 1 is 1.08 bits per heavy atom. The van der Waals surface area contributed by atoms with Crippen molar-refractivity contribution in [1.29, 1.82) is 0 Å². The first kappa shape index (κ1) is 18.7. The fourth-order valence-electron chi connectivity index (χ4n) is 3.14. The molecule has 0 radical (unpaired) electrons. The maximum absolute atomic E-state index is 13.7. The molecule has 0 saturated carbocycles. The zero-order valence-corrected chi connectivity index (χ0v) is 15.4. The highest BCUT2D eigenvalue weighted by atomic mass is 35.5. The summed E-state index contributed by atoms with van der Waals surface area (Å²) < 4.78 is 13.7. The highest BCUT2D eigenvalue weighted by Crippen LogP contribution is 2.16. The molecule has 138 valence electrons. The Morgan fingerprint density at radius 3 is 2.50 bits per heavy atom. The third-order valence-corrected chi connectivity index (χ3v) is 4.84. The van der Waals surface area contributed by atoms with Gasteiger partial charge in [0.2, 0.25) is 0 Å². The van der Waals surface area contributed by atoms with E-state index < -0.39 is 11.7 Å². The molecular weight excluding hydrogens is 353 g/mol. The van der Waals surface area contributed by atoms with Gasteiger partial charge < -0.3 is 10.2 Å². The summed E-state index contributed by atoms with van der Waals surface area (Å²) in [5.74, 6) is -0.986. The van der Waals surface area contributed by atoms with Crippen molar-refractivity contribution in [3.05, 3.63) is 64.9 Å². The minimum atomic E-state index is -0.591. The van der Waals surface area contributed by atoms with Gasteiger partial charge in [0.05, 0.1) is 5.56 Å². The second kappa shape index (κ2) is 9.01. The number of anilines is 1. The Hall–Kier alpha value is -2.11. The second-order valence-electron chi connectivity index (χ2n) is 6.40. The fourth-order valence-corrected chi connectivity index (χ4v) is 3.30. The van der Waals surface area contributed by atoms with Crippen molar-refractivity contribution in [3.8, 4) is 0 Å². The molecule has 4 nitrogen and oxygen atoms in total. The number of piperazine rings is 1. The van der Waals surface area contributed by atoms with Crippen LogP contribution in [0.25, 0.3) is 0 Å². The van der Waals surface area contributed by atoms with Crippen LogP contribution in [0.2, 0.25) is 5.02 Å². The Balaban J connectivity index is 1.36. The number of halogens is 2. The van der Waals surface area contributed by atoms with Gasteiger partial charge >= 0.3 is 0 Å². The SMILES string of the molecule is O=C(NCCCN1CCN(c2ccccc2)CC1)c1ccc(Cl)cc1F. The molecule has 0 spiro atoms. The quantitative estimate of drug-likeness (QED) is 0.786. The zero-order valence-electron chi connectivity index (χ0n) is 14.6. The molecule has 0 unspecified atom stereocenters. The van der Waals surface area contributed by atoms with Gasteiger partial charge in [-0.1, -0.05) is 29.8 Å². The molecule has 6 heteroatoms. The molecule has 1 fully saturated rings. The van der Waals surface area contributed by atoms with Crippen LogP contribution >= 0.6 is 11.6 Å². The Bertz CT molecular complexity index is 733. The smallest absolute Gasteiger partial charge is 0.254 e. The maximum atomic E-state index is 13.7. The first-order chi connectivity index (χ1) is 12.6. The molecule has 1 saturated heterocycles. The van der Waals surface area contributed by atoms with Gasteiger partial charge in [0, 0.05) is 43.4 Å². The third-order valence-electron chi connectivity index (χ3n) is 4.61. The molecule has 2 aromatic rings. The predicted octanol–water partition coefficient (Wildman–Crippen LogP) is 3.42. The summed E-state index contributed by atoms with van der Waals surface area (Å²) in [5, 5.41) is 3.06. The first-order valence-corrected chi connectivity index (χ1v) is 9.27. The highest BCUT2D eigenvalue weighted by molar-refractivity contribution is 6.30. The van der Waals surface area contributed by atoms with E-state index >= 15 is 0 Å². The van der Waals surface area contributed by atoms with E-state index in [2.05, 4.69) is 39.4 Å². The van der Waals surface area contributed by atoms with Crippen LogP contribution in [0.3, 0.4) is 0 Å². The van der Waals surface area contributed by atoms with E-state index in [1.807, 2.05) is 6.07 Å². The van der Waals surface area contributed by atoms with Crippen LogP contribution < -0.4 is 10.2 Å². The molecule has 0 atom stereocenters. The fraction of sp³-hybridized carbons (Fsp3) is 0.350. The lowest BCUT2D eigenvalue weighted by Gasteiger charge is -2.36. The Labute approximate surface area is 158 Å². The summed E-state index contributed by atoms with van der Waals surface area (Å²) in [7, 11) is 0. The van der Waals surface area contributed by atoms with Gasteiger partial charge in [0.15, 0.2) is 0 Å². The van der Waals surface area contributed by atoms with Crippen molar-refractivity contribution < 1.29 is 9.18 Å². The highest BCUT2D eigenvalue weighted by Gasteiger charge is 2.17. The topological polar surface area (TPSA) is 35.6 Å². The molecule has 1 heterocycles. The van der Waals surface area contributed by atoms with Gasteiger partial charge in [-0.05, 0) is 43.3 Å². The van der Waals surface area contributed by atoms with Crippen molar-refractivity contribution in [2.75, 3.05) is 44.2 Å². The Morgan fingerprint density at radius 2 is 1.81 bits per heavy atom. The Kier molecular flexibility index (Phi) is 6.47. The molecule has 1 N–H and O–H groups in total. The number of para-hydroxylation sites is 1. The van der Waals surface area contributed by atoms with Crippen LogP contribution in [0.5, 0.6) is 0 Å². The van der Waals surface area contributed by atoms with E-state index in [1.165, 1.54) is 17.8 Å². The van der Waals surface area contributed by atoms with E-state index in [0.717, 1.165) is 45.2 Å². The second-order valence-corrected chi connectivity index (χ2v) is 6.83. The van der Waals surface area contributed by atoms with Gasteiger partial charge in [-0.15, -0.1) is 0 Å². The van der Waals surface area contributed by atoms with Gasteiger partial charge in [-0.25, -0.2) is 4.39 Å². The van der Waals surface area contributed by atoms with Gasteiger partial charge in [0.1, 0.15) is 5.82 Å². The number of carbonyl (C=O) groups excluding carboxylic acids is 1. The van der Waals surface area contributed by atoms with Crippen molar-refractivity contribution >= 4 is 23.2 Å². The van der Waals surface area contributed by atoms with Gasteiger partial charge in [-0.3, -0.25) is 9.69 Å². The van der Waals surface area contributed by atoms with E-state index in [1.54, 1.807) is 0 Å². The number of nitrogens with zero attached hydrogens (tertiary/aromatic N) is 2. The average Bonchev–Trinajstić information content (AvgIpc) is 2.66. The number of nitrogens with one attached hydrogen (secondary N) is 1. The number of rotatable bonds is 6. The van der Waals surface area contributed by atoms with Crippen molar-refractivity contribution in [2.45, 2.75) is 6.42 Å². The first-order valence-electron chi connectivity index (χ1n) is 8.89. The molecule has 0 aliphatic carbocycles. The van der Waals surface area contributed by atoms with E-state index in [0.29, 0.717) is 6.54 Å². The van der Waals surface area contributed by atoms with Crippen LogP contribution in [0, 0.1) is 5.82 Å². The molecule has 2 aromatic carbocycles. The average molecular weight is 376 g/mol. The van der Waals surface area contributed by atoms with E-state index in [4.69, 9.17) is 11.6 Å². The molecule has 26 heavy (non-hydrogen) atoms. The lowest BCUT2D eigenvalue weighted by molar-refractivity contribution is 0.0947. The summed E-state index contributed by atoms with van der Waals surface area (Å²) in [6, 6.07) is 14.5. The molecule has 1 aliphatic rings. The van der Waals surface area contributed by atoms with Crippen LogP contribution in [-0.2, 0) is 0 Å². The monoisotopic (exact) mass is 375 g/mol. The third kappa shape index (κ3) is 4.96. The molecule has 3 rings (SSSR count). The summed E-state index contributed by atoms with van der Waals surface area (Å²) in [5.41, 5.74) is 1.30. The standard InChI is InChI=1S/C20H23ClFN3O/c21-16-7-8-18(19(22)15-16)20(26)23-9-4-10-24-11-13-25(14-12-24)17-5-2-1-3-6-17/h1-3,5-8,15H,4,9-14H2,(H,23,26). The normalized spacial score (nSPS) is 15.1. The van der Waals surface area contributed by atoms with Gasteiger partial charge in [-0.2, -0.15) is 0 Å². The van der Waals surface area contributed by atoms with Crippen LogP contribution in [0.15, 0.2) is 48.5 Å². The zero-order chi connectivity index (χ0) is 18.4. The summed E-state index contributed by atoms with van der Waals surface area (Å²) >= 11 is 5.70. The molecular formula is C20H23ClFN3O. The number of hydrogen-bond acceptors (Lipinski definition) is 3. The lowest BCUT2D eigenvalue weighted by Crippen LogP contribution is -2.47. The van der Waals surface area contributed by atoms with E-state index in [-0.39, 0.29) is 10.6 Å². The number of carbonyl (C=O) groups is 1. The number of amides is 1. The molecule has 0 bridgehead atoms. The van der Waals surface area contributed by atoms with Crippen LogP contribution in [-0.4, -0.2) is 50.1 Å². The maximum Gasteiger partial charge on any atom is 0.254 e. The van der Waals surface area contributed by atoms with Gasteiger partial charge in [0.25, 0.3) is 5.91 Å². The summed E-state index contributed by atoms with van der Waals surface area (Å²) in [4.78, 5) is 16.8. The molecule has 0 aromatic heterocycles. The summed E-state index contributed by atoms with van der Waals surface area (Å²) in [6.45, 7) is 5.48. The van der Waals surface area contributed by atoms with E-state index in [9.17, 15) is 9.18 Å². The molecule has 1 aliphatic heterocycles. The minimum Gasteiger partial charge on any atom is -0.369 e. The minimum absolute atomic E-state index is 0.0332. The molecule has 1 amide bonds. The largest absolute Gasteiger partial charge is 0.369 e. The van der Waals surface area contributed by atoms with Crippen LogP contribution in [0.1, 0.15) is 16.8 Å². The predicted molar refractivity (Wildman–Crippen MR) is 103 cm³/mol. The van der Waals surface area contributed by atoms with Crippen molar-refractivity contribution in [1.82, 2.24) is 10.2 Å². The number of hydrogen-bond donors (Lipinski definition) is 1.